The molecule has 0 bridgehead atoms. The second-order valence-electron chi connectivity index (χ2n) is 7.03. The van der Waals surface area contributed by atoms with Crippen LogP contribution in [-0.2, 0) is 19.3 Å². The Kier molecular flexibility index (Phi) is 6.70. The molecule has 0 aliphatic carbocycles. The van der Waals surface area contributed by atoms with Crippen molar-refractivity contribution in [1.82, 2.24) is 9.47 Å². The molecular weight excluding hydrogens is 337 g/mol. The van der Waals surface area contributed by atoms with Crippen molar-refractivity contribution < 1.29 is 13.2 Å². The van der Waals surface area contributed by atoms with Gasteiger partial charge in [-0.1, -0.05) is 32.1 Å². The zero-order valence-corrected chi connectivity index (χ0v) is 15.6. The molecule has 0 saturated carbocycles. The highest BCUT2D eigenvalue weighted by Crippen LogP contribution is 2.29. The number of hydrogen-bond donors (Lipinski definition) is 0. The minimum atomic E-state index is -4.32. The Morgan fingerprint density at radius 2 is 1.88 bits per heavy atom. The summed E-state index contributed by atoms with van der Waals surface area (Å²) in [4.78, 5) is 2.33. The Labute approximate surface area is 153 Å². The third-order valence-corrected chi connectivity index (χ3v) is 4.80. The van der Waals surface area contributed by atoms with E-state index in [4.69, 9.17) is 0 Å². The number of benzene rings is 1. The molecule has 5 heteroatoms. The molecule has 0 N–H and O–H groups in total. The maximum absolute atomic E-state index is 12.9. The first-order valence-corrected chi connectivity index (χ1v) is 8.87. The van der Waals surface area contributed by atoms with Crippen LogP contribution in [0.1, 0.15) is 37.6 Å². The van der Waals surface area contributed by atoms with E-state index in [0.29, 0.717) is 24.1 Å². The normalized spacial score (nSPS) is 13.4. The van der Waals surface area contributed by atoms with Crippen molar-refractivity contribution in [2.75, 3.05) is 6.54 Å². The molecular formula is C21H27F3N2. The van der Waals surface area contributed by atoms with Gasteiger partial charge in [-0.2, -0.15) is 13.2 Å². The summed E-state index contributed by atoms with van der Waals surface area (Å²) in [5.74, 6) is 0.502. The zero-order valence-electron chi connectivity index (χ0n) is 15.6. The van der Waals surface area contributed by atoms with Crippen LogP contribution >= 0.6 is 0 Å². The molecule has 0 fully saturated rings. The van der Waals surface area contributed by atoms with Crippen LogP contribution in [0.4, 0.5) is 13.2 Å². The van der Waals surface area contributed by atoms with Crippen LogP contribution < -0.4 is 0 Å². The van der Waals surface area contributed by atoms with E-state index < -0.39 is 11.7 Å². The van der Waals surface area contributed by atoms with Crippen LogP contribution in [0.2, 0.25) is 0 Å². The highest BCUT2D eigenvalue weighted by atomic mass is 19.4. The second-order valence-corrected chi connectivity index (χ2v) is 7.03. The van der Waals surface area contributed by atoms with Crippen molar-refractivity contribution in [3.8, 4) is 0 Å². The molecule has 0 spiro atoms. The average Bonchev–Trinajstić information content (AvgIpc) is 3.00. The molecule has 1 heterocycles. The van der Waals surface area contributed by atoms with Crippen LogP contribution in [0, 0.1) is 5.92 Å². The summed E-state index contributed by atoms with van der Waals surface area (Å²) in [6.45, 7) is 12.3. The Morgan fingerprint density at radius 1 is 1.15 bits per heavy atom. The van der Waals surface area contributed by atoms with Gasteiger partial charge in [-0.3, -0.25) is 4.90 Å². The lowest BCUT2D eigenvalue weighted by Gasteiger charge is -2.31. The molecule has 1 aromatic carbocycles. The molecule has 26 heavy (non-hydrogen) atoms. The summed E-state index contributed by atoms with van der Waals surface area (Å²) in [7, 11) is 0. The van der Waals surface area contributed by atoms with Crippen molar-refractivity contribution >= 4 is 0 Å². The van der Waals surface area contributed by atoms with Gasteiger partial charge in [0.05, 0.1) is 5.56 Å². The van der Waals surface area contributed by atoms with E-state index >= 15 is 0 Å². The maximum atomic E-state index is 12.9. The van der Waals surface area contributed by atoms with Crippen molar-refractivity contribution in [2.45, 2.75) is 46.1 Å². The number of rotatable bonds is 8. The van der Waals surface area contributed by atoms with Crippen LogP contribution in [0.3, 0.4) is 0 Å². The van der Waals surface area contributed by atoms with Gasteiger partial charge in [0.25, 0.3) is 0 Å². The zero-order chi connectivity index (χ0) is 19.3. The van der Waals surface area contributed by atoms with Gasteiger partial charge in [0.15, 0.2) is 0 Å². The lowest BCUT2D eigenvalue weighted by molar-refractivity contribution is -0.137. The van der Waals surface area contributed by atoms with Crippen molar-refractivity contribution in [3.63, 3.8) is 0 Å². The van der Waals surface area contributed by atoms with Gasteiger partial charge < -0.3 is 4.57 Å². The topological polar surface area (TPSA) is 8.17 Å². The molecule has 1 aromatic heterocycles. The molecule has 0 aliphatic rings. The summed E-state index contributed by atoms with van der Waals surface area (Å²) in [6.07, 6.45) is -0.510. The van der Waals surface area contributed by atoms with Crippen LogP contribution in [0.15, 0.2) is 55.3 Å². The van der Waals surface area contributed by atoms with Crippen LogP contribution in [0.5, 0.6) is 0 Å². The number of alkyl halides is 3. The molecule has 2 nitrogen and oxygen atoms in total. The minimum absolute atomic E-state index is 0.380. The standard InChI is InChI=1S/C21H27F3N2/c1-5-11-25(17(4)16(2)3)15-20-10-7-12-26(20)14-18-8-6-9-19(13-18)21(22,23)24/h5-10,12-13,16-17H,1,11,14-15H2,2-4H3. The Morgan fingerprint density at radius 3 is 2.50 bits per heavy atom. The minimum Gasteiger partial charge on any atom is -0.346 e. The third kappa shape index (κ3) is 5.24. The highest BCUT2D eigenvalue weighted by Gasteiger charge is 2.30. The fourth-order valence-electron chi connectivity index (χ4n) is 2.96. The number of hydrogen-bond acceptors (Lipinski definition) is 1. The average molecular weight is 364 g/mol. The summed E-state index contributed by atoms with van der Waals surface area (Å²) < 4.78 is 40.8. The summed E-state index contributed by atoms with van der Waals surface area (Å²) in [6, 6.07) is 9.87. The Balaban J connectivity index is 2.19. The van der Waals surface area contributed by atoms with Crippen LogP contribution in [-0.4, -0.2) is 22.1 Å². The maximum Gasteiger partial charge on any atom is 0.416 e. The molecule has 0 amide bonds. The van der Waals surface area contributed by atoms with Gasteiger partial charge in [0.2, 0.25) is 0 Å². The Bertz CT molecular complexity index is 716. The van der Waals surface area contributed by atoms with E-state index in [-0.39, 0.29) is 0 Å². The van der Waals surface area contributed by atoms with Gasteiger partial charge >= 0.3 is 6.18 Å². The van der Waals surface area contributed by atoms with E-state index in [0.717, 1.165) is 24.8 Å². The van der Waals surface area contributed by atoms with Crippen molar-refractivity contribution in [1.29, 1.82) is 0 Å². The fraction of sp³-hybridized carbons (Fsp3) is 0.429. The lowest BCUT2D eigenvalue weighted by Crippen LogP contribution is -2.36. The Hall–Kier alpha value is -2.01. The first-order chi connectivity index (χ1) is 12.2. The predicted molar refractivity (Wildman–Crippen MR) is 99.9 cm³/mol. The van der Waals surface area contributed by atoms with Crippen molar-refractivity contribution in [2.24, 2.45) is 5.92 Å². The number of aromatic nitrogens is 1. The molecule has 0 saturated heterocycles. The molecule has 1 unspecified atom stereocenters. The summed E-state index contributed by atoms with van der Waals surface area (Å²) in [5.41, 5.74) is 1.12. The van der Waals surface area contributed by atoms with Crippen LogP contribution in [0.25, 0.3) is 0 Å². The molecule has 2 rings (SSSR count). The van der Waals surface area contributed by atoms with E-state index in [9.17, 15) is 13.2 Å². The SMILES string of the molecule is C=CCN(Cc1cccn1Cc1cccc(C(F)(F)F)c1)C(C)C(C)C. The quantitative estimate of drug-likeness (QED) is 0.555. The predicted octanol–water partition coefficient (Wildman–Crippen LogP) is 5.59. The van der Waals surface area contributed by atoms with Gasteiger partial charge in [0.1, 0.15) is 0 Å². The van der Waals surface area contributed by atoms with E-state index in [1.807, 2.05) is 29.0 Å². The van der Waals surface area contributed by atoms with Crippen molar-refractivity contribution in [3.05, 3.63) is 72.1 Å². The first kappa shape index (κ1) is 20.3. The molecule has 2 aromatic rings. The van der Waals surface area contributed by atoms with Gasteiger partial charge in [-0.15, -0.1) is 6.58 Å². The van der Waals surface area contributed by atoms with Gasteiger partial charge in [0, 0.05) is 37.6 Å². The first-order valence-electron chi connectivity index (χ1n) is 8.87. The fourth-order valence-corrected chi connectivity index (χ4v) is 2.96. The van der Waals surface area contributed by atoms with E-state index in [1.54, 1.807) is 6.07 Å². The lowest BCUT2D eigenvalue weighted by atomic mass is 10.0. The molecule has 1 atom stereocenters. The van der Waals surface area contributed by atoms with E-state index in [2.05, 4.69) is 32.3 Å². The molecule has 0 aliphatic heterocycles. The second kappa shape index (κ2) is 8.58. The molecule has 142 valence electrons. The highest BCUT2D eigenvalue weighted by molar-refractivity contribution is 5.26. The monoisotopic (exact) mass is 364 g/mol. The van der Waals surface area contributed by atoms with Gasteiger partial charge in [-0.05, 0) is 42.7 Å². The largest absolute Gasteiger partial charge is 0.416 e. The third-order valence-electron chi connectivity index (χ3n) is 4.80. The summed E-state index contributed by atoms with van der Waals surface area (Å²) in [5, 5.41) is 0. The number of halogens is 3. The van der Waals surface area contributed by atoms with Gasteiger partial charge in [-0.25, -0.2) is 0 Å². The van der Waals surface area contributed by atoms with E-state index in [1.165, 1.54) is 12.1 Å². The summed E-state index contributed by atoms with van der Waals surface area (Å²) >= 11 is 0. The smallest absolute Gasteiger partial charge is 0.346 e. The number of nitrogens with zero attached hydrogens (tertiary/aromatic N) is 2. The molecule has 0 radical (unpaired) electrons.